The number of hydrogen-bond acceptors (Lipinski definition) is 4. The van der Waals surface area contributed by atoms with Crippen LogP contribution in [0.3, 0.4) is 0 Å². The van der Waals surface area contributed by atoms with E-state index in [1.54, 1.807) is 7.11 Å². The number of aliphatic hydroxyl groups excluding tert-OH is 1. The summed E-state index contributed by atoms with van der Waals surface area (Å²) in [7, 11) is 3.74. The summed E-state index contributed by atoms with van der Waals surface area (Å²) >= 11 is 0. The molecule has 4 nitrogen and oxygen atoms in total. The molecule has 1 fully saturated rings. The fraction of sp³-hybridized carbons (Fsp3) is 1.00. The number of aliphatic hydroxyl groups is 1. The van der Waals surface area contributed by atoms with E-state index in [0.717, 1.165) is 0 Å². The molecular weight excluding hydrogens is 167 g/mol. The molecule has 66 valence electrons. The Balaban J connectivity index is 2.37. The van der Waals surface area contributed by atoms with Crippen LogP contribution in [-0.2, 0) is 14.0 Å². The smallest absolute Gasteiger partial charge is 0.157 e. The Kier molecular flexibility index (Phi) is 3.69. The summed E-state index contributed by atoms with van der Waals surface area (Å²) in [5, 5.41) is 9.06. The fourth-order valence-electron chi connectivity index (χ4n) is 1.18. The highest BCUT2D eigenvalue weighted by Gasteiger charge is 2.33. The van der Waals surface area contributed by atoms with E-state index >= 15 is 0 Å². The molecular formula is C6H13O4P. The minimum absolute atomic E-state index is 0.0504. The van der Waals surface area contributed by atoms with Crippen LogP contribution in [0.1, 0.15) is 6.42 Å². The third-order valence-electron chi connectivity index (χ3n) is 1.74. The molecule has 1 unspecified atom stereocenters. The molecule has 1 aliphatic rings. The minimum atomic E-state index is -0.704. The van der Waals surface area contributed by atoms with Gasteiger partial charge in [-0.25, -0.2) is 0 Å². The maximum Gasteiger partial charge on any atom is 0.157 e. The van der Waals surface area contributed by atoms with Gasteiger partial charge >= 0.3 is 0 Å². The second kappa shape index (κ2) is 4.33. The van der Waals surface area contributed by atoms with Crippen LogP contribution in [0.25, 0.3) is 0 Å². The summed E-state index contributed by atoms with van der Waals surface area (Å²) in [5.74, 6) is 0. The van der Waals surface area contributed by atoms with Crippen molar-refractivity contribution in [3.05, 3.63) is 0 Å². The van der Waals surface area contributed by atoms with Crippen molar-refractivity contribution in [2.75, 3.05) is 13.7 Å². The molecule has 5 heteroatoms. The van der Waals surface area contributed by atoms with E-state index in [1.165, 1.54) is 0 Å². The van der Waals surface area contributed by atoms with E-state index in [-0.39, 0.29) is 12.2 Å². The second-order valence-electron chi connectivity index (χ2n) is 2.47. The van der Waals surface area contributed by atoms with Crippen molar-refractivity contribution in [3.8, 4) is 0 Å². The molecule has 1 aliphatic heterocycles. The standard InChI is InChI=1S/C6H13O4P/c1-8-4-2-6(7)10-5(4)3-9-11/h4-7H,2-3,11H2,1H3/t4-,5-,6-/m1/s1. The highest BCUT2D eigenvalue weighted by atomic mass is 31.0. The first kappa shape index (κ1) is 9.36. The predicted octanol–water partition coefficient (Wildman–Crippen LogP) is -0.0846. The Hall–Kier alpha value is 0.270. The number of rotatable bonds is 3. The van der Waals surface area contributed by atoms with Crippen molar-refractivity contribution in [2.24, 2.45) is 0 Å². The molecule has 0 amide bonds. The third-order valence-corrected chi connectivity index (χ3v) is 1.94. The molecule has 0 spiro atoms. The van der Waals surface area contributed by atoms with Crippen LogP contribution in [0.4, 0.5) is 0 Å². The van der Waals surface area contributed by atoms with Gasteiger partial charge in [0.1, 0.15) is 6.10 Å². The highest BCUT2D eigenvalue weighted by molar-refractivity contribution is 7.09. The summed E-state index contributed by atoms with van der Waals surface area (Å²) in [6.07, 6.45) is -0.377. The fourth-order valence-corrected chi connectivity index (χ4v) is 1.37. The van der Waals surface area contributed by atoms with Crippen LogP contribution in [-0.4, -0.2) is 37.3 Å². The van der Waals surface area contributed by atoms with Crippen molar-refractivity contribution in [2.45, 2.75) is 24.9 Å². The Morgan fingerprint density at radius 3 is 3.00 bits per heavy atom. The average Bonchev–Trinajstić information content (AvgIpc) is 2.32. The maximum atomic E-state index is 9.06. The van der Waals surface area contributed by atoms with Gasteiger partial charge in [-0.1, -0.05) is 0 Å². The topological polar surface area (TPSA) is 47.9 Å². The summed E-state index contributed by atoms with van der Waals surface area (Å²) in [5.41, 5.74) is 0. The van der Waals surface area contributed by atoms with Crippen molar-refractivity contribution in [1.82, 2.24) is 0 Å². The molecule has 0 radical (unpaired) electrons. The van der Waals surface area contributed by atoms with E-state index in [4.69, 9.17) is 19.1 Å². The van der Waals surface area contributed by atoms with E-state index < -0.39 is 6.29 Å². The van der Waals surface area contributed by atoms with Gasteiger partial charge in [0.05, 0.1) is 12.7 Å². The van der Waals surface area contributed by atoms with Gasteiger partial charge in [-0.15, -0.1) is 0 Å². The largest absolute Gasteiger partial charge is 0.378 e. The molecule has 0 bridgehead atoms. The lowest BCUT2D eigenvalue weighted by molar-refractivity contribution is -0.105. The molecule has 0 aliphatic carbocycles. The van der Waals surface area contributed by atoms with E-state index in [1.807, 2.05) is 0 Å². The normalized spacial score (nSPS) is 37.9. The van der Waals surface area contributed by atoms with Crippen LogP contribution in [0.2, 0.25) is 0 Å². The maximum absolute atomic E-state index is 9.06. The predicted molar refractivity (Wildman–Crippen MR) is 42.0 cm³/mol. The number of hydrogen-bond donors (Lipinski definition) is 1. The number of ether oxygens (including phenoxy) is 2. The monoisotopic (exact) mass is 180 g/mol. The molecule has 0 aromatic rings. The van der Waals surface area contributed by atoms with Crippen molar-refractivity contribution in [3.63, 3.8) is 0 Å². The van der Waals surface area contributed by atoms with Gasteiger partial charge in [-0.2, -0.15) is 0 Å². The second-order valence-corrected chi connectivity index (χ2v) is 2.81. The van der Waals surface area contributed by atoms with Gasteiger partial charge in [-0.3, -0.25) is 0 Å². The van der Waals surface area contributed by atoms with Crippen LogP contribution >= 0.6 is 9.47 Å². The molecule has 1 rings (SSSR count). The Morgan fingerprint density at radius 1 is 1.73 bits per heavy atom. The summed E-state index contributed by atoms with van der Waals surface area (Å²) < 4.78 is 15.0. The van der Waals surface area contributed by atoms with E-state index in [9.17, 15) is 0 Å². The van der Waals surface area contributed by atoms with Crippen molar-refractivity contribution < 1.29 is 19.1 Å². The SMILES string of the molecule is CO[C@@H]1C[C@H](O)O[C@@H]1COP. The highest BCUT2D eigenvalue weighted by Crippen LogP contribution is 2.21. The van der Waals surface area contributed by atoms with Gasteiger partial charge in [0.2, 0.25) is 0 Å². The molecule has 0 aromatic heterocycles. The minimum Gasteiger partial charge on any atom is -0.378 e. The van der Waals surface area contributed by atoms with Crippen LogP contribution in [0, 0.1) is 0 Å². The molecule has 1 heterocycles. The molecule has 4 atom stereocenters. The van der Waals surface area contributed by atoms with Gasteiger partial charge < -0.3 is 19.1 Å². The third kappa shape index (κ3) is 2.36. The Bertz CT molecular complexity index is 121. The zero-order chi connectivity index (χ0) is 8.27. The first-order valence-electron chi connectivity index (χ1n) is 3.46. The lowest BCUT2D eigenvalue weighted by Crippen LogP contribution is -2.26. The van der Waals surface area contributed by atoms with Gasteiger partial charge in [0.25, 0.3) is 0 Å². The lowest BCUT2D eigenvalue weighted by Gasteiger charge is -2.14. The zero-order valence-corrected chi connectivity index (χ0v) is 7.55. The Labute approximate surface area is 68.1 Å². The Morgan fingerprint density at radius 2 is 2.45 bits per heavy atom. The molecule has 11 heavy (non-hydrogen) atoms. The summed E-state index contributed by atoms with van der Waals surface area (Å²) in [6, 6.07) is 0. The van der Waals surface area contributed by atoms with Gasteiger partial charge in [0, 0.05) is 23.0 Å². The average molecular weight is 180 g/mol. The van der Waals surface area contributed by atoms with Crippen LogP contribution in [0.5, 0.6) is 0 Å². The number of methoxy groups -OCH3 is 1. The molecule has 0 aromatic carbocycles. The molecule has 0 saturated carbocycles. The van der Waals surface area contributed by atoms with Crippen molar-refractivity contribution >= 4 is 9.47 Å². The van der Waals surface area contributed by atoms with Gasteiger partial charge in [0.15, 0.2) is 6.29 Å². The first-order chi connectivity index (χ1) is 5.27. The lowest BCUT2D eigenvalue weighted by atomic mass is 10.2. The summed E-state index contributed by atoms with van der Waals surface area (Å²) in [6.45, 7) is 0.431. The van der Waals surface area contributed by atoms with E-state index in [2.05, 4.69) is 9.47 Å². The quantitative estimate of drug-likeness (QED) is 0.617. The van der Waals surface area contributed by atoms with E-state index in [0.29, 0.717) is 13.0 Å². The van der Waals surface area contributed by atoms with Gasteiger partial charge in [-0.05, 0) is 0 Å². The van der Waals surface area contributed by atoms with Crippen molar-refractivity contribution in [1.29, 1.82) is 0 Å². The van der Waals surface area contributed by atoms with Crippen LogP contribution in [0.15, 0.2) is 0 Å². The zero-order valence-electron chi connectivity index (χ0n) is 6.40. The van der Waals surface area contributed by atoms with Crippen LogP contribution < -0.4 is 0 Å². The first-order valence-corrected chi connectivity index (χ1v) is 3.93. The molecule has 1 N–H and O–H groups in total. The molecule has 1 saturated heterocycles. The summed E-state index contributed by atoms with van der Waals surface area (Å²) in [4.78, 5) is 0.